The molecule has 4 rings (SSSR count). The third-order valence-corrected chi connectivity index (χ3v) is 8.91. The fraction of sp³-hybridized carbons (Fsp3) is 0.409. The molecule has 3 aromatic heterocycles. The molecule has 1 aliphatic heterocycles. The Morgan fingerprint density at radius 2 is 1.90 bits per heavy atom. The zero-order valence-electron chi connectivity index (χ0n) is 17.9. The summed E-state index contributed by atoms with van der Waals surface area (Å²) in [4.78, 5) is 14.7. The van der Waals surface area contributed by atoms with E-state index >= 15 is 0 Å². The Kier molecular flexibility index (Phi) is 6.36. The predicted molar refractivity (Wildman–Crippen MR) is 125 cm³/mol. The van der Waals surface area contributed by atoms with Crippen molar-refractivity contribution >= 4 is 33.0 Å². The van der Waals surface area contributed by atoms with Crippen LogP contribution >= 0.6 is 11.3 Å². The standard InChI is InChI=1S/C22H27N5O2S2/c1-15(2)31(28,29)27-11-8-17(9-12-27)22-24-14-19(30-22)18-5-4-6-20(25-18)26-21-13-16(3)7-10-23-21/h4-7,10,13-15,17H,8-9,11-12H2,1-3H3,(H,23,25,26). The van der Waals surface area contributed by atoms with Crippen molar-refractivity contribution in [2.24, 2.45) is 0 Å². The molecule has 0 unspecified atom stereocenters. The first-order valence-electron chi connectivity index (χ1n) is 10.4. The van der Waals surface area contributed by atoms with E-state index in [1.165, 1.54) is 0 Å². The topological polar surface area (TPSA) is 88.1 Å². The Morgan fingerprint density at radius 3 is 2.61 bits per heavy atom. The monoisotopic (exact) mass is 457 g/mol. The maximum Gasteiger partial charge on any atom is 0.216 e. The zero-order chi connectivity index (χ0) is 22.0. The molecule has 31 heavy (non-hydrogen) atoms. The molecule has 1 aliphatic rings. The zero-order valence-corrected chi connectivity index (χ0v) is 19.6. The molecule has 1 N–H and O–H groups in total. The van der Waals surface area contributed by atoms with Gasteiger partial charge in [0.1, 0.15) is 11.6 Å². The smallest absolute Gasteiger partial charge is 0.216 e. The molecular formula is C22H27N5O2S2. The summed E-state index contributed by atoms with van der Waals surface area (Å²) in [6.45, 7) is 6.61. The molecule has 1 saturated heterocycles. The SMILES string of the molecule is Cc1ccnc(Nc2cccc(-c3cnc(C4CCN(S(=O)(=O)C(C)C)CC4)s3)n2)c1. The van der Waals surface area contributed by atoms with Crippen molar-refractivity contribution in [2.75, 3.05) is 18.4 Å². The average Bonchev–Trinajstić information content (AvgIpc) is 3.24. The summed E-state index contributed by atoms with van der Waals surface area (Å²) < 4.78 is 26.4. The molecule has 0 aliphatic carbocycles. The third-order valence-electron chi connectivity index (χ3n) is 5.46. The molecule has 0 atom stereocenters. The van der Waals surface area contributed by atoms with E-state index in [9.17, 15) is 8.42 Å². The largest absolute Gasteiger partial charge is 0.325 e. The van der Waals surface area contributed by atoms with Crippen LogP contribution in [0.4, 0.5) is 11.6 Å². The fourth-order valence-corrected chi connectivity index (χ4v) is 6.00. The fourth-order valence-electron chi connectivity index (χ4n) is 3.63. The van der Waals surface area contributed by atoms with E-state index in [4.69, 9.17) is 4.98 Å². The van der Waals surface area contributed by atoms with Crippen LogP contribution in [0.5, 0.6) is 0 Å². The molecule has 0 saturated carbocycles. The van der Waals surface area contributed by atoms with Crippen LogP contribution in [0.1, 0.15) is 43.2 Å². The van der Waals surface area contributed by atoms with Gasteiger partial charge in [0.15, 0.2) is 0 Å². The minimum absolute atomic E-state index is 0.287. The predicted octanol–water partition coefficient (Wildman–Crippen LogP) is 4.57. The number of nitrogens with one attached hydrogen (secondary N) is 1. The molecule has 0 amide bonds. The van der Waals surface area contributed by atoms with Crippen LogP contribution in [0.3, 0.4) is 0 Å². The first kappa shape index (κ1) is 21.9. The van der Waals surface area contributed by atoms with Crippen LogP contribution in [-0.4, -0.2) is 46.0 Å². The number of rotatable bonds is 6. The Labute approximate surface area is 187 Å². The average molecular weight is 458 g/mol. The maximum absolute atomic E-state index is 12.4. The summed E-state index contributed by atoms with van der Waals surface area (Å²) in [5.41, 5.74) is 1.99. The third kappa shape index (κ3) is 4.94. The van der Waals surface area contributed by atoms with Crippen LogP contribution in [0, 0.1) is 6.92 Å². The Balaban J connectivity index is 1.45. The summed E-state index contributed by atoms with van der Waals surface area (Å²) in [6.07, 6.45) is 5.24. The van der Waals surface area contributed by atoms with Gasteiger partial charge >= 0.3 is 0 Å². The molecule has 0 aromatic carbocycles. The number of sulfonamides is 1. The number of aryl methyl sites for hydroxylation is 1. The highest BCUT2D eigenvalue weighted by molar-refractivity contribution is 7.89. The normalized spacial score (nSPS) is 16.0. The van der Waals surface area contributed by atoms with Crippen molar-refractivity contribution in [3.05, 3.63) is 53.3 Å². The van der Waals surface area contributed by atoms with Crippen LogP contribution in [-0.2, 0) is 10.0 Å². The van der Waals surface area contributed by atoms with Gasteiger partial charge in [0.2, 0.25) is 10.0 Å². The lowest BCUT2D eigenvalue weighted by Gasteiger charge is -2.31. The Bertz CT molecular complexity index is 1150. The number of hydrogen-bond acceptors (Lipinski definition) is 7. The number of piperidine rings is 1. The molecule has 7 nitrogen and oxygen atoms in total. The summed E-state index contributed by atoms with van der Waals surface area (Å²) >= 11 is 1.64. The van der Waals surface area contributed by atoms with E-state index < -0.39 is 10.0 Å². The highest BCUT2D eigenvalue weighted by Crippen LogP contribution is 2.35. The molecule has 9 heteroatoms. The molecule has 164 valence electrons. The molecule has 3 aromatic rings. The van der Waals surface area contributed by atoms with Crippen LogP contribution in [0.2, 0.25) is 0 Å². The lowest BCUT2D eigenvalue weighted by Crippen LogP contribution is -2.41. The number of pyridine rings is 2. The van der Waals surface area contributed by atoms with Crippen molar-refractivity contribution in [1.82, 2.24) is 19.3 Å². The molecule has 0 radical (unpaired) electrons. The second kappa shape index (κ2) is 9.02. The van der Waals surface area contributed by atoms with E-state index in [0.29, 0.717) is 13.1 Å². The van der Waals surface area contributed by atoms with Gasteiger partial charge in [0, 0.05) is 31.4 Å². The first-order valence-corrected chi connectivity index (χ1v) is 12.8. The van der Waals surface area contributed by atoms with Gasteiger partial charge in [-0.15, -0.1) is 11.3 Å². The highest BCUT2D eigenvalue weighted by atomic mass is 32.2. The van der Waals surface area contributed by atoms with Gasteiger partial charge < -0.3 is 5.32 Å². The minimum atomic E-state index is -3.18. The number of thiazole rings is 1. The number of nitrogens with zero attached hydrogens (tertiary/aromatic N) is 4. The van der Waals surface area contributed by atoms with Gasteiger partial charge in [0.25, 0.3) is 0 Å². The van der Waals surface area contributed by atoms with E-state index in [2.05, 4.69) is 15.3 Å². The second-order valence-corrected chi connectivity index (χ2v) is 11.6. The molecule has 1 fully saturated rings. The van der Waals surface area contributed by atoms with Gasteiger partial charge in [-0.1, -0.05) is 6.07 Å². The number of hydrogen-bond donors (Lipinski definition) is 1. The van der Waals surface area contributed by atoms with Crippen molar-refractivity contribution in [3.8, 4) is 10.6 Å². The van der Waals surface area contributed by atoms with E-state index in [1.54, 1.807) is 35.7 Å². The van der Waals surface area contributed by atoms with E-state index in [-0.39, 0.29) is 11.2 Å². The molecule has 0 spiro atoms. The summed E-state index contributed by atoms with van der Waals surface area (Å²) in [6, 6.07) is 9.79. The summed E-state index contributed by atoms with van der Waals surface area (Å²) in [5, 5.41) is 3.93. The lowest BCUT2D eigenvalue weighted by atomic mass is 9.99. The van der Waals surface area contributed by atoms with Crippen LogP contribution in [0.15, 0.2) is 42.7 Å². The van der Waals surface area contributed by atoms with Crippen molar-refractivity contribution in [2.45, 2.75) is 44.8 Å². The van der Waals surface area contributed by atoms with Gasteiger partial charge in [-0.05, 0) is 63.4 Å². The molecular weight excluding hydrogens is 430 g/mol. The summed E-state index contributed by atoms with van der Waals surface area (Å²) in [7, 11) is -3.18. The molecule has 0 bridgehead atoms. The first-order chi connectivity index (χ1) is 14.8. The number of anilines is 2. The van der Waals surface area contributed by atoms with Crippen LogP contribution < -0.4 is 5.32 Å². The van der Waals surface area contributed by atoms with Gasteiger partial charge in [-0.3, -0.25) is 0 Å². The van der Waals surface area contributed by atoms with Crippen molar-refractivity contribution in [1.29, 1.82) is 0 Å². The maximum atomic E-state index is 12.4. The minimum Gasteiger partial charge on any atom is -0.325 e. The Morgan fingerprint density at radius 1 is 1.13 bits per heavy atom. The molecule has 4 heterocycles. The highest BCUT2D eigenvalue weighted by Gasteiger charge is 2.31. The van der Waals surface area contributed by atoms with Crippen LogP contribution in [0.25, 0.3) is 10.6 Å². The van der Waals surface area contributed by atoms with Gasteiger partial charge in [0.05, 0.1) is 20.8 Å². The van der Waals surface area contributed by atoms with Crippen molar-refractivity contribution in [3.63, 3.8) is 0 Å². The quantitative estimate of drug-likeness (QED) is 0.583. The van der Waals surface area contributed by atoms with Gasteiger partial charge in [-0.2, -0.15) is 0 Å². The second-order valence-electron chi connectivity index (χ2n) is 8.08. The van der Waals surface area contributed by atoms with Gasteiger partial charge in [-0.25, -0.2) is 27.7 Å². The Hall–Kier alpha value is -2.36. The lowest BCUT2D eigenvalue weighted by molar-refractivity contribution is 0.317. The van der Waals surface area contributed by atoms with Crippen molar-refractivity contribution < 1.29 is 8.42 Å². The number of aromatic nitrogens is 3. The van der Waals surface area contributed by atoms with E-state index in [1.807, 2.05) is 43.5 Å². The van der Waals surface area contributed by atoms with E-state index in [0.717, 1.165) is 45.6 Å². The summed E-state index contributed by atoms with van der Waals surface area (Å²) in [5.74, 6) is 1.78.